The lowest BCUT2D eigenvalue weighted by Gasteiger charge is -2.23. The minimum atomic E-state index is -0.00975. The molecule has 0 spiro atoms. The quantitative estimate of drug-likeness (QED) is 0.485. The molecular weight excluding hydrogens is 388 g/mol. The van der Waals surface area contributed by atoms with Crippen LogP contribution in [-0.4, -0.2) is 55.9 Å². The fourth-order valence-corrected chi connectivity index (χ4v) is 4.54. The van der Waals surface area contributed by atoms with Crippen LogP contribution in [0.5, 0.6) is 0 Å². The van der Waals surface area contributed by atoms with Gasteiger partial charge in [0.25, 0.3) is 0 Å². The summed E-state index contributed by atoms with van der Waals surface area (Å²) in [6.07, 6.45) is 2.43. The summed E-state index contributed by atoms with van der Waals surface area (Å²) in [7, 11) is 0. The monoisotopic (exact) mass is 414 g/mol. The van der Waals surface area contributed by atoms with Gasteiger partial charge in [0.05, 0.1) is 11.0 Å². The third-order valence-electron chi connectivity index (χ3n) is 6.19. The van der Waals surface area contributed by atoms with Crippen LogP contribution in [0.15, 0.2) is 48.5 Å². The number of carbonyl (C=O) groups excluding carboxylic acids is 1. The zero-order valence-electron chi connectivity index (χ0n) is 17.9. The summed E-state index contributed by atoms with van der Waals surface area (Å²) in [6.45, 7) is 7.19. The molecule has 4 aromatic rings. The van der Waals surface area contributed by atoms with Crippen LogP contribution in [0.3, 0.4) is 0 Å². The number of nitrogens with one attached hydrogen (secondary N) is 1. The van der Waals surface area contributed by atoms with Crippen LogP contribution in [0.25, 0.3) is 16.7 Å². The minimum Gasteiger partial charge on any atom is -0.365 e. The molecule has 7 heteroatoms. The summed E-state index contributed by atoms with van der Waals surface area (Å²) >= 11 is 0. The fraction of sp³-hybridized carbons (Fsp3) is 0.333. The number of likely N-dealkylation sites (tertiary alicyclic amines) is 1. The van der Waals surface area contributed by atoms with Gasteiger partial charge in [-0.05, 0) is 51.1 Å². The maximum Gasteiger partial charge on any atom is 0.204 e. The van der Waals surface area contributed by atoms with E-state index in [1.165, 1.54) is 12.8 Å². The molecule has 1 saturated heterocycles. The van der Waals surface area contributed by atoms with Gasteiger partial charge in [0.15, 0.2) is 11.6 Å². The molecule has 3 heterocycles. The number of hydrogen-bond acceptors (Lipinski definition) is 6. The maximum absolute atomic E-state index is 12.9. The molecule has 0 bridgehead atoms. The predicted octanol–water partition coefficient (Wildman–Crippen LogP) is 3.71. The smallest absolute Gasteiger partial charge is 0.204 e. The summed E-state index contributed by atoms with van der Waals surface area (Å²) in [5.41, 5.74) is 3.62. The van der Waals surface area contributed by atoms with Crippen LogP contribution in [0, 0.1) is 6.92 Å². The summed E-state index contributed by atoms with van der Waals surface area (Å²) in [6, 6.07) is 15.5. The number of ketones is 1. The highest BCUT2D eigenvalue weighted by Gasteiger charge is 2.23. The Morgan fingerprint density at radius 3 is 2.77 bits per heavy atom. The zero-order chi connectivity index (χ0) is 21.4. The zero-order valence-corrected chi connectivity index (χ0v) is 17.9. The average molecular weight is 415 g/mol. The topological polar surface area (TPSA) is 75.4 Å². The molecule has 31 heavy (non-hydrogen) atoms. The molecule has 0 saturated carbocycles. The van der Waals surface area contributed by atoms with Gasteiger partial charge in [-0.3, -0.25) is 14.1 Å². The molecule has 2 aromatic carbocycles. The van der Waals surface area contributed by atoms with Crippen molar-refractivity contribution >= 4 is 28.3 Å². The second-order valence-electron chi connectivity index (χ2n) is 8.07. The molecule has 1 atom stereocenters. The number of fused-ring (bicyclic) bond motifs is 3. The summed E-state index contributed by atoms with van der Waals surface area (Å²) in [5, 5.41) is 12.2. The number of carbonyl (C=O) groups is 1. The van der Waals surface area contributed by atoms with Gasteiger partial charge < -0.3 is 5.32 Å². The van der Waals surface area contributed by atoms with Crippen LogP contribution in [-0.2, 0) is 0 Å². The van der Waals surface area contributed by atoms with E-state index in [9.17, 15) is 4.79 Å². The van der Waals surface area contributed by atoms with Crippen LogP contribution in [0.1, 0.15) is 41.5 Å². The van der Waals surface area contributed by atoms with Crippen molar-refractivity contribution in [2.24, 2.45) is 0 Å². The molecule has 7 nitrogen and oxygen atoms in total. The largest absolute Gasteiger partial charge is 0.365 e. The van der Waals surface area contributed by atoms with Gasteiger partial charge in [-0.1, -0.05) is 37.3 Å². The van der Waals surface area contributed by atoms with Crippen molar-refractivity contribution in [1.29, 1.82) is 0 Å². The van der Waals surface area contributed by atoms with Crippen LogP contribution in [0.4, 0.5) is 5.82 Å². The highest BCUT2D eigenvalue weighted by atomic mass is 16.1. The van der Waals surface area contributed by atoms with Crippen molar-refractivity contribution in [2.45, 2.75) is 32.7 Å². The van der Waals surface area contributed by atoms with E-state index >= 15 is 0 Å². The second kappa shape index (κ2) is 8.07. The second-order valence-corrected chi connectivity index (χ2v) is 8.07. The third kappa shape index (κ3) is 3.55. The Labute approximate surface area is 181 Å². The van der Waals surface area contributed by atoms with Gasteiger partial charge >= 0.3 is 0 Å². The van der Waals surface area contributed by atoms with E-state index < -0.39 is 0 Å². The van der Waals surface area contributed by atoms with Crippen LogP contribution in [0.2, 0.25) is 0 Å². The van der Waals surface area contributed by atoms with E-state index in [0.29, 0.717) is 22.8 Å². The highest BCUT2D eigenvalue weighted by molar-refractivity contribution is 6.10. The van der Waals surface area contributed by atoms with Crippen molar-refractivity contribution in [3.63, 3.8) is 0 Å². The SMILES string of the molecule is CCN1CCCC1CNc1nc2ccc(C(=O)c3ccccc3)cc2n2c(C)nnc12. The number of nitrogens with zero attached hydrogens (tertiary/aromatic N) is 5. The molecule has 0 radical (unpaired) electrons. The number of likely N-dealkylation sites (N-methyl/N-ethyl adjacent to an activating group) is 1. The van der Waals surface area contributed by atoms with Gasteiger partial charge in [-0.2, -0.15) is 0 Å². The van der Waals surface area contributed by atoms with E-state index in [2.05, 4.69) is 27.3 Å². The first-order valence-corrected chi connectivity index (χ1v) is 10.9. The summed E-state index contributed by atoms with van der Waals surface area (Å²) in [5.74, 6) is 1.49. The average Bonchev–Trinajstić information content (AvgIpc) is 3.44. The van der Waals surface area contributed by atoms with Crippen molar-refractivity contribution in [1.82, 2.24) is 24.5 Å². The van der Waals surface area contributed by atoms with Crippen molar-refractivity contribution in [3.8, 4) is 0 Å². The Morgan fingerprint density at radius 2 is 1.97 bits per heavy atom. The molecule has 1 N–H and O–H groups in total. The number of hydrogen-bond donors (Lipinski definition) is 1. The Morgan fingerprint density at radius 1 is 1.13 bits per heavy atom. The molecular formula is C24H26N6O. The number of aryl methyl sites for hydroxylation is 1. The number of anilines is 1. The number of aromatic nitrogens is 4. The first-order chi connectivity index (χ1) is 15.2. The van der Waals surface area contributed by atoms with Gasteiger partial charge in [0, 0.05) is 23.7 Å². The first kappa shape index (κ1) is 19.6. The Hall–Kier alpha value is -3.32. The molecule has 2 aromatic heterocycles. The summed E-state index contributed by atoms with van der Waals surface area (Å²) < 4.78 is 1.98. The van der Waals surface area contributed by atoms with E-state index in [1.807, 2.05) is 59.9 Å². The number of rotatable bonds is 6. The summed E-state index contributed by atoms with van der Waals surface area (Å²) in [4.78, 5) is 20.3. The Bertz CT molecular complexity index is 1250. The van der Waals surface area contributed by atoms with Crippen molar-refractivity contribution in [2.75, 3.05) is 25.0 Å². The van der Waals surface area contributed by atoms with E-state index in [0.717, 1.165) is 42.3 Å². The minimum absolute atomic E-state index is 0.00975. The van der Waals surface area contributed by atoms with E-state index in [-0.39, 0.29) is 5.78 Å². The van der Waals surface area contributed by atoms with Gasteiger partial charge in [0.2, 0.25) is 5.65 Å². The predicted molar refractivity (Wildman–Crippen MR) is 122 cm³/mol. The molecule has 1 fully saturated rings. The lowest BCUT2D eigenvalue weighted by molar-refractivity contribution is 0.103. The van der Waals surface area contributed by atoms with E-state index in [4.69, 9.17) is 4.98 Å². The molecule has 0 amide bonds. The fourth-order valence-electron chi connectivity index (χ4n) is 4.54. The van der Waals surface area contributed by atoms with Gasteiger partial charge in [-0.25, -0.2) is 4.98 Å². The molecule has 0 aliphatic carbocycles. The molecule has 158 valence electrons. The van der Waals surface area contributed by atoms with Gasteiger partial charge in [0.1, 0.15) is 5.82 Å². The Kier molecular flexibility index (Phi) is 5.11. The number of benzene rings is 2. The standard InChI is InChI=1S/C24H26N6O/c1-3-29-13-7-10-19(29)15-25-23-24-28-27-16(2)30(24)21-14-18(11-12-20(21)26-23)22(31)17-8-5-4-6-9-17/h4-6,8-9,11-12,14,19H,3,7,10,13,15H2,1-2H3,(H,25,26). The lowest BCUT2D eigenvalue weighted by atomic mass is 10.0. The molecule has 1 unspecified atom stereocenters. The molecule has 1 aliphatic rings. The normalized spacial score (nSPS) is 16.9. The first-order valence-electron chi connectivity index (χ1n) is 10.9. The lowest BCUT2D eigenvalue weighted by Crippen LogP contribution is -2.34. The third-order valence-corrected chi connectivity index (χ3v) is 6.19. The Balaban J connectivity index is 1.53. The maximum atomic E-state index is 12.9. The van der Waals surface area contributed by atoms with Gasteiger partial charge in [-0.15, -0.1) is 10.2 Å². The molecule has 1 aliphatic heterocycles. The highest BCUT2D eigenvalue weighted by Crippen LogP contribution is 2.25. The molecule has 5 rings (SSSR count). The van der Waals surface area contributed by atoms with Crippen LogP contribution >= 0.6 is 0 Å². The van der Waals surface area contributed by atoms with Crippen molar-refractivity contribution < 1.29 is 4.79 Å². The van der Waals surface area contributed by atoms with Crippen molar-refractivity contribution in [3.05, 3.63) is 65.5 Å². The van der Waals surface area contributed by atoms with E-state index in [1.54, 1.807) is 0 Å². The van der Waals surface area contributed by atoms with Crippen LogP contribution < -0.4 is 5.32 Å².